The van der Waals surface area contributed by atoms with E-state index in [-0.39, 0.29) is 0 Å². The van der Waals surface area contributed by atoms with Crippen LogP contribution in [0.25, 0.3) is 17.1 Å². The van der Waals surface area contributed by atoms with Crippen LogP contribution in [0.4, 0.5) is 0 Å². The van der Waals surface area contributed by atoms with Crippen LogP contribution in [0.15, 0.2) is 41.6 Å². The van der Waals surface area contributed by atoms with E-state index >= 15 is 0 Å². The molecule has 0 amide bonds. The van der Waals surface area contributed by atoms with Crippen molar-refractivity contribution in [3.63, 3.8) is 0 Å². The summed E-state index contributed by atoms with van der Waals surface area (Å²) in [6.45, 7) is 0.594. The average molecular weight is 440 g/mol. The lowest BCUT2D eigenvalue weighted by Crippen LogP contribution is -2.02. The van der Waals surface area contributed by atoms with Gasteiger partial charge in [0, 0.05) is 17.9 Å². The molecule has 0 aliphatic heterocycles. The molecule has 0 saturated heterocycles. The van der Waals surface area contributed by atoms with Crippen LogP contribution in [0, 0.1) is 0 Å². The third-order valence-corrected chi connectivity index (χ3v) is 5.37. The van der Waals surface area contributed by atoms with Crippen LogP contribution < -0.4 is 9.47 Å². The number of aromatic nitrogens is 3. The van der Waals surface area contributed by atoms with Crippen molar-refractivity contribution in [2.24, 2.45) is 0 Å². The molecule has 2 aromatic carbocycles. The van der Waals surface area contributed by atoms with Gasteiger partial charge >= 0.3 is 0 Å². The summed E-state index contributed by atoms with van der Waals surface area (Å²) in [6, 6.07) is 10.9. The smallest absolute Gasteiger partial charge is 0.196 e. The van der Waals surface area contributed by atoms with Crippen LogP contribution in [0.1, 0.15) is 0 Å². The van der Waals surface area contributed by atoms with Gasteiger partial charge in [0.1, 0.15) is 11.5 Å². The molecule has 3 aromatic rings. The Bertz CT molecular complexity index is 966. The second-order valence-electron chi connectivity index (χ2n) is 5.65. The Morgan fingerprint density at radius 1 is 0.964 bits per heavy atom. The summed E-state index contributed by atoms with van der Waals surface area (Å²) in [5, 5.41) is 10.5. The molecule has 6 nitrogen and oxygen atoms in total. The van der Waals surface area contributed by atoms with Gasteiger partial charge < -0.3 is 14.2 Å². The highest BCUT2D eigenvalue weighted by Gasteiger charge is 2.20. The van der Waals surface area contributed by atoms with Crippen molar-refractivity contribution in [1.82, 2.24) is 14.8 Å². The fraction of sp³-hybridized carbons (Fsp3) is 0.263. The summed E-state index contributed by atoms with van der Waals surface area (Å²) in [5.74, 6) is 2.56. The van der Waals surface area contributed by atoms with E-state index in [0.29, 0.717) is 39.1 Å². The molecule has 0 atom stereocenters. The predicted molar refractivity (Wildman–Crippen MR) is 113 cm³/mol. The molecule has 0 spiro atoms. The van der Waals surface area contributed by atoms with Crippen molar-refractivity contribution in [3.8, 4) is 28.6 Å². The maximum Gasteiger partial charge on any atom is 0.196 e. The van der Waals surface area contributed by atoms with Gasteiger partial charge in [0.25, 0.3) is 0 Å². The molecule has 0 radical (unpaired) electrons. The summed E-state index contributed by atoms with van der Waals surface area (Å²) in [5.41, 5.74) is 1.53. The lowest BCUT2D eigenvalue weighted by atomic mass is 10.2. The molecule has 28 heavy (non-hydrogen) atoms. The molecule has 0 bridgehead atoms. The zero-order valence-corrected chi connectivity index (χ0v) is 17.9. The van der Waals surface area contributed by atoms with Crippen LogP contribution in [0.5, 0.6) is 11.5 Å². The first-order valence-corrected chi connectivity index (χ1v) is 10.1. The zero-order chi connectivity index (χ0) is 20.1. The molecular formula is C19H19Cl2N3O3S. The quantitative estimate of drug-likeness (QED) is 0.363. The Labute approximate surface area is 177 Å². The van der Waals surface area contributed by atoms with E-state index in [4.69, 9.17) is 37.4 Å². The van der Waals surface area contributed by atoms with E-state index in [1.807, 2.05) is 16.7 Å². The van der Waals surface area contributed by atoms with Crippen molar-refractivity contribution >= 4 is 35.0 Å². The SMILES string of the molecule is COCCSc1nnc(-c2cc(Cl)ccc2OC)n1-c1ccc(OC)c(Cl)c1. The van der Waals surface area contributed by atoms with Crippen molar-refractivity contribution in [3.05, 3.63) is 46.4 Å². The molecule has 0 unspecified atom stereocenters. The summed E-state index contributed by atoms with van der Waals surface area (Å²) < 4.78 is 17.8. The first kappa shape index (κ1) is 20.8. The second kappa shape index (κ2) is 9.52. The maximum atomic E-state index is 6.36. The minimum atomic E-state index is 0.491. The zero-order valence-electron chi connectivity index (χ0n) is 15.6. The third kappa shape index (κ3) is 4.38. The number of benzene rings is 2. The van der Waals surface area contributed by atoms with Crippen LogP contribution in [-0.2, 0) is 4.74 Å². The van der Waals surface area contributed by atoms with Crippen molar-refractivity contribution in [2.45, 2.75) is 5.16 Å². The van der Waals surface area contributed by atoms with E-state index in [1.54, 1.807) is 45.6 Å². The lowest BCUT2D eigenvalue weighted by Gasteiger charge is -2.14. The molecule has 0 aliphatic carbocycles. The molecule has 9 heteroatoms. The fourth-order valence-electron chi connectivity index (χ4n) is 2.64. The number of hydrogen-bond donors (Lipinski definition) is 0. The first-order valence-electron chi connectivity index (χ1n) is 8.34. The third-order valence-electron chi connectivity index (χ3n) is 3.95. The van der Waals surface area contributed by atoms with Crippen LogP contribution in [-0.4, -0.2) is 48.5 Å². The molecule has 148 valence electrons. The van der Waals surface area contributed by atoms with Gasteiger partial charge in [-0.1, -0.05) is 35.0 Å². The minimum absolute atomic E-state index is 0.491. The van der Waals surface area contributed by atoms with Crippen molar-refractivity contribution < 1.29 is 14.2 Å². The average Bonchev–Trinajstić information content (AvgIpc) is 3.11. The van der Waals surface area contributed by atoms with Crippen LogP contribution in [0.2, 0.25) is 10.0 Å². The van der Waals surface area contributed by atoms with Crippen LogP contribution >= 0.6 is 35.0 Å². The van der Waals surface area contributed by atoms with Gasteiger partial charge in [0.15, 0.2) is 11.0 Å². The highest BCUT2D eigenvalue weighted by atomic mass is 35.5. The Kier molecular flexibility index (Phi) is 7.07. The minimum Gasteiger partial charge on any atom is -0.496 e. The molecule has 0 aliphatic rings. The fourth-order valence-corrected chi connectivity index (χ4v) is 3.91. The van der Waals surface area contributed by atoms with Gasteiger partial charge in [-0.05, 0) is 36.4 Å². The molecule has 0 saturated carbocycles. The van der Waals surface area contributed by atoms with Crippen molar-refractivity contribution in [1.29, 1.82) is 0 Å². The van der Waals surface area contributed by atoms with E-state index in [1.165, 1.54) is 11.8 Å². The van der Waals surface area contributed by atoms with E-state index in [2.05, 4.69) is 10.2 Å². The standard InChI is InChI=1S/C19H19Cl2N3O3S/c1-25-8-9-28-19-23-22-18(14-10-12(20)4-6-16(14)26-2)24(19)13-5-7-17(27-3)15(21)11-13/h4-7,10-11H,8-9H2,1-3H3. The number of thioether (sulfide) groups is 1. The number of methoxy groups -OCH3 is 3. The van der Waals surface area contributed by atoms with Crippen LogP contribution in [0.3, 0.4) is 0 Å². The number of hydrogen-bond acceptors (Lipinski definition) is 6. The molecule has 1 heterocycles. The number of nitrogens with zero attached hydrogens (tertiary/aromatic N) is 3. The number of ether oxygens (including phenoxy) is 3. The van der Waals surface area contributed by atoms with Gasteiger partial charge in [0.2, 0.25) is 0 Å². The Balaban J connectivity index is 2.16. The molecular weight excluding hydrogens is 421 g/mol. The highest BCUT2D eigenvalue weighted by molar-refractivity contribution is 7.99. The summed E-state index contributed by atoms with van der Waals surface area (Å²) >= 11 is 14.1. The Morgan fingerprint density at radius 2 is 1.71 bits per heavy atom. The topological polar surface area (TPSA) is 58.4 Å². The Hall–Kier alpha value is -1.93. The lowest BCUT2D eigenvalue weighted by molar-refractivity contribution is 0.218. The molecule has 0 N–H and O–H groups in total. The summed E-state index contributed by atoms with van der Waals surface area (Å²) in [7, 11) is 4.84. The van der Waals surface area contributed by atoms with E-state index < -0.39 is 0 Å². The molecule has 1 aromatic heterocycles. The maximum absolute atomic E-state index is 6.36. The first-order chi connectivity index (χ1) is 13.6. The largest absolute Gasteiger partial charge is 0.496 e. The van der Waals surface area contributed by atoms with Gasteiger partial charge in [-0.15, -0.1) is 10.2 Å². The van der Waals surface area contributed by atoms with E-state index in [9.17, 15) is 0 Å². The normalized spacial score (nSPS) is 10.9. The monoisotopic (exact) mass is 439 g/mol. The van der Waals surface area contributed by atoms with Gasteiger partial charge in [-0.2, -0.15) is 0 Å². The number of halogens is 2. The van der Waals surface area contributed by atoms with Crippen molar-refractivity contribution in [2.75, 3.05) is 33.7 Å². The predicted octanol–water partition coefficient (Wildman–Crippen LogP) is 5.00. The summed E-state index contributed by atoms with van der Waals surface area (Å²) in [6.07, 6.45) is 0. The second-order valence-corrected chi connectivity index (χ2v) is 7.55. The van der Waals surface area contributed by atoms with Gasteiger partial charge in [0.05, 0.1) is 37.1 Å². The summed E-state index contributed by atoms with van der Waals surface area (Å²) in [4.78, 5) is 0. The molecule has 0 fully saturated rings. The van der Waals surface area contributed by atoms with E-state index in [0.717, 1.165) is 17.0 Å². The van der Waals surface area contributed by atoms with Gasteiger partial charge in [-0.3, -0.25) is 4.57 Å². The Morgan fingerprint density at radius 3 is 2.39 bits per heavy atom. The molecule has 3 rings (SSSR count). The number of rotatable bonds is 8. The highest BCUT2D eigenvalue weighted by Crippen LogP contribution is 2.36. The van der Waals surface area contributed by atoms with Gasteiger partial charge in [-0.25, -0.2) is 0 Å².